The third-order valence-electron chi connectivity index (χ3n) is 5.57. The molecule has 2 nitrogen and oxygen atoms in total. The Labute approximate surface area is 179 Å². The van der Waals surface area contributed by atoms with Crippen LogP contribution in [0.5, 0.6) is 0 Å². The molecule has 4 rings (SSSR count). The molecule has 0 saturated heterocycles. The molecule has 3 heteroatoms. The zero-order valence-electron chi connectivity index (χ0n) is 17.0. The Kier molecular flexibility index (Phi) is 5.79. The molecule has 0 bridgehead atoms. The Balaban J connectivity index is 2.29. The first-order chi connectivity index (χ1) is 14.7. The van der Waals surface area contributed by atoms with Crippen LogP contribution in [0, 0.1) is 0 Å². The first kappa shape index (κ1) is 20.4. The molecule has 150 valence electrons. The van der Waals surface area contributed by atoms with E-state index < -0.39 is 17.8 Å². The van der Waals surface area contributed by atoms with Gasteiger partial charge in [0.25, 0.3) is 0 Å². The second kappa shape index (κ2) is 8.50. The summed E-state index contributed by atoms with van der Waals surface area (Å²) in [7, 11) is 0. The molecule has 0 saturated carbocycles. The van der Waals surface area contributed by atoms with Crippen molar-refractivity contribution in [3.05, 3.63) is 121 Å². The number of hydrogen-bond acceptors (Lipinski definition) is 2. The minimum absolute atomic E-state index is 0.183. The average Bonchev–Trinajstić information content (AvgIpc) is 2.85. The van der Waals surface area contributed by atoms with Crippen LogP contribution in [0.3, 0.4) is 0 Å². The fraction of sp³-hybridized carbons (Fsp3) is 0.0741. The van der Waals surface area contributed by atoms with E-state index in [2.05, 4.69) is 48.5 Å². The molecule has 4 aromatic carbocycles. The van der Waals surface area contributed by atoms with Gasteiger partial charge in [-0.25, -0.2) is 0 Å². The summed E-state index contributed by atoms with van der Waals surface area (Å²) >= 11 is -4.97. The molecule has 0 heterocycles. The van der Waals surface area contributed by atoms with Crippen molar-refractivity contribution in [2.24, 2.45) is 0 Å². The Morgan fingerprint density at radius 3 is 1.07 bits per heavy atom. The van der Waals surface area contributed by atoms with Crippen LogP contribution in [0.4, 0.5) is 0 Å². The first-order valence-corrected chi connectivity index (χ1v) is 16.3. The predicted octanol–water partition coefficient (Wildman–Crippen LogP) is 3.47. The Bertz CT molecular complexity index is 941. The fourth-order valence-corrected chi connectivity index (χ4v) is 20.5. The standard InChI is InChI=1S/4C6H5.C3H6O2.Sb/c4*1-2-4-6-5-3-1;1-2-3(4)5;/h4*1-5H;2H2,1H3,(H,4,5);/q;;;;;+1/p-1. The Morgan fingerprint density at radius 1 is 0.567 bits per heavy atom. The molecule has 0 radical (unpaired) electrons. The summed E-state index contributed by atoms with van der Waals surface area (Å²) in [5.74, 6) is -0.183. The van der Waals surface area contributed by atoms with Crippen LogP contribution in [-0.2, 0) is 7.81 Å². The first-order valence-electron chi connectivity index (χ1n) is 10.2. The number of rotatable bonds is 6. The van der Waals surface area contributed by atoms with Gasteiger partial charge in [0.2, 0.25) is 0 Å². The van der Waals surface area contributed by atoms with Crippen LogP contribution < -0.4 is 14.0 Å². The van der Waals surface area contributed by atoms with Gasteiger partial charge in [-0.05, 0) is 0 Å². The van der Waals surface area contributed by atoms with E-state index in [0.29, 0.717) is 6.42 Å². The zero-order chi connectivity index (χ0) is 20.9. The van der Waals surface area contributed by atoms with Gasteiger partial charge < -0.3 is 0 Å². The third kappa shape index (κ3) is 3.07. The van der Waals surface area contributed by atoms with Crippen molar-refractivity contribution < 1.29 is 7.81 Å². The maximum atomic E-state index is 13.2. The van der Waals surface area contributed by atoms with Crippen molar-refractivity contribution in [3.63, 3.8) is 0 Å². The van der Waals surface area contributed by atoms with Gasteiger partial charge in [0, 0.05) is 0 Å². The van der Waals surface area contributed by atoms with Crippen molar-refractivity contribution in [1.82, 2.24) is 0 Å². The summed E-state index contributed by atoms with van der Waals surface area (Å²) in [5.41, 5.74) is 0. The molecular weight excluding hydrogens is 478 g/mol. The topological polar surface area (TPSA) is 26.3 Å². The van der Waals surface area contributed by atoms with E-state index in [1.165, 1.54) is 0 Å². The predicted molar refractivity (Wildman–Crippen MR) is 126 cm³/mol. The van der Waals surface area contributed by atoms with Crippen LogP contribution >= 0.6 is 0 Å². The molecule has 0 N–H and O–H groups in total. The van der Waals surface area contributed by atoms with Crippen molar-refractivity contribution in [2.75, 3.05) is 0 Å². The van der Waals surface area contributed by atoms with Gasteiger partial charge >= 0.3 is 180 Å². The second-order valence-corrected chi connectivity index (χ2v) is 19.5. The normalized spacial score (nSPS) is 12.5. The van der Waals surface area contributed by atoms with E-state index in [-0.39, 0.29) is 5.97 Å². The number of carbonyl (C=O) groups is 1. The molecule has 0 atom stereocenters. The summed E-state index contributed by atoms with van der Waals surface area (Å²) in [5, 5.41) is 0. The molecule has 0 aromatic heterocycles. The van der Waals surface area contributed by atoms with Crippen LogP contribution in [0.25, 0.3) is 0 Å². The molecule has 4 aromatic rings. The quantitative estimate of drug-likeness (QED) is 0.377. The van der Waals surface area contributed by atoms with E-state index in [4.69, 9.17) is 3.02 Å². The summed E-state index contributed by atoms with van der Waals surface area (Å²) in [4.78, 5) is 13.2. The van der Waals surface area contributed by atoms with E-state index in [0.717, 1.165) is 14.0 Å². The molecule has 0 aliphatic rings. The summed E-state index contributed by atoms with van der Waals surface area (Å²) < 4.78 is 11.2. The monoisotopic (exact) mass is 502 g/mol. The van der Waals surface area contributed by atoms with Gasteiger partial charge in [-0.3, -0.25) is 0 Å². The number of benzene rings is 4. The van der Waals surface area contributed by atoms with Crippen molar-refractivity contribution in [2.45, 2.75) is 13.3 Å². The summed E-state index contributed by atoms with van der Waals surface area (Å²) in [6, 6.07) is 41.3. The van der Waals surface area contributed by atoms with Crippen LogP contribution in [0.1, 0.15) is 13.3 Å². The van der Waals surface area contributed by atoms with Crippen molar-refractivity contribution in [3.8, 4) is 0 Å². The van der Waals surface area contributed by atoms with E-state index >= 15 is 0 Å². The van der Waals surface area contributed by atoms with E-state index in [1.807, 2.05) is 79.7 Å². The molecule has 0 aliphatic heterocycles. The number of hydrogen-bond donors (Lipinski definition) is 0. The number of carbonyl (C=O) groups excluding carboxylic acids is 1. The van der Waals surface area contributed by atoms with Gasteiger partial charge in [0.15, 0.2) is 0 Å². The molecule has 0 aliphatic carbocycles. The van der Waals surface area contributed by atoms with Gasteiger partial charge in [-0.2, -0.15) is 0 Å². The Morgan fingerprint density at radius 2 is 0.833 bits per heavy atom. The fourth-order valence-electron chi connectivity index (χ4n) is 4.22. The third-order valence-corrected chi connectivity index (χ3v) is 21.8. The molecular formula is C27H25O2Sb. The van der Waals surface area contributed by atoms with E-state index in [9.17, 15) is 4.79 Å². The zero-order valence-corrected chi connectivity index (χ0v) is 19.6. The van der Waals surface area contributed by atoms with Crippen LogP contribution in [0.15, 0.2) is 121 Å². The van der Waals surface area contributed by atoms with Crippen LogP contribution in [0.2, 0.25) is 0 Å². The molecule has 0 amide bonds. The summed E-state index contributed by atoms with van der Waals surface area (Å²) in [6.45, 7) is 1.86. The molecule has 0 fully saturated rings. The Hall–Kier alpha value is -2.83. The molecule has 30 heavy (non-hydrogen) atoms. The molecule has 0 unspecified atom stereocenters. The summed E-state index contributed by atoms with van der Waals surface area (Å²) in [6.07, 6.45) is 0.321. The van der Waals surface area contributed by atoms with Crippen molar-refractivity contribution >= 4 is 37.8 Å². The van der Waals surface area contributed by atoms with Gasteiger partial charge in [0.05, 0.1) is 0 Å². The maximum absolute atomic E-state index is 13.2. The SMILES string of the molecule is CCC(=O)[O][Sb]([c]1ccccc1)([c]1ccccc1)([c]1ccccc1)[c]1ccccc1. The van der Waals surface area contributed by atoms with Crippen molar-refractivity contribution in [1.29, 1.82) is 0 Å². The second-order valence-electron chi connectivity index (χ2n) is 7.20. The van der Waals surface area contributed by atoms with Gasteiger partial charge in [-0.15, -0.1) is 0 Å². The van der Waals surface area contributed by atoms with Crippen LogP contribution in [-0.4, -0.2) is 23.8 Å². The van der Waals surface area contributed by atoms with Gasteiger partial charge in [-0.1, -0.05) is 0 Å². The molecule has 0 spiro atoms. The average molecular weight is 503 g/mol. The van der Waals surface area contributed by atoms with Gasteiger partial charge in [0.1, 0.15) is 0 Å². The minimum atomic E-state index is -4.97. The van der Waals surface area contributed by atoms with E-state index in [1.54, 1.807) is 0 Å².